The van der Waals surface area contributed by atoms with Gasteiger partial charge in [-0.3, -0.25) is 0 Å². The van der Waals surface area contributed by atoms with Crippen molar-refractivity contribution in [2.45, 2.75) is 57.8 Å². The van der Waals surface area contributed by atoms with Crippen LogP contribution in [0.15, 0.2) is 17.0 Å². The van der Waals surface area contributed by atoms with Gasteiger partial charge in [0.15, 0.2) is 0 Å². The summed E-state index contributed by atoms with van der Waals surface area (Å²) in [5.74, 6) is 2.97. The summed E-state index contributed by atoms with van der Waals surface area (Å²) in [6.07, 6.45) is 6.54. The highest BCUT2D eigenvalue weighted by atomic mass is 32.2. The average Bonchev–Trinajstić information content (AvgIpc) is 2.90. The molecule has 1 heteroatoms. The second-order valence-corrected chi connectivity index (χ2v) is 7.44. The molecule has 17 heavy (non-hydrogen) atoms. The Hall–Kier alpha value is -0.430. The van der Waals surface area contributed by atoms with Crippen molar-refractivity contribution in [1.82, 2.24) is 0 Å². The minimum absolute atomic E-state index is 0.189. The lowest BCUT2D eigenvalue weighted by Gasteiger charge is -2.23. The summed E-state index contributed by atoms with van der Waals surface area (Å²) in [7, 11) is 0.189. The van der Waals surface area contributed by atoms with Crippen molar-refractivity contribution in [1.29, 1.82) is 0 Å². The molecule has 1 saturated heterocycles. The number of aryl methyl sites for hydroxylation is 3. The van der Waals surface area contributed by atoms with Gasteiger partial charge in [-0.2, -0.15) is 0 Å². The van der Waals surface area contributed by atoms with Crippen molar-refractivity contribution in [2.75, 3.05) is 11.5 Å². The van der Waals surface area contributed by atoms with E-state index in [1.165, 1.54) is 49.2 Å². The van der Waals surface area contributed by atoms with Crippen molar-refractivity contribution < 1.29 is 0 Å². The van der Waals surface area contributed by atoms with Crippen LogP contribution in [0, 0.1) is 0 Å². The van der Waals surface area contributed by atoms with Crippen molar-refractivity contribution in [3.05, 3.63) is 28.8 Å². The van der Waals surface area contributed by atoms with E-state index in [1.54, 1.807) is 16.0 Å². The largest absolute Gasteiger partial charge is 0.226 e. The van der Waals surface area contributed by atoms with E-state index in [0.29, 0.717) is 0 Å². The van der Waals surface area contributed by atoms with Crippen LogP contribution >= 0.6 is 10.9 Å². The van der Waals surface area contributed by atoms with Crippen molar-refractivity contribution in [2.24, 2.45) is 0 Å². The predicted octanol–water partition coefficient (Wildman–Crippen LogP) is 4.53. The maximum Gasteiger partial charge on any atom is -0.00607 e. The van der Waals surface area contributed by atoms with E-state index in [-0.39, 0.29) is 10.9 Å². The molecule has 0 aliphatic carbocycles. The molecule has 0 aromatic heterocycles. The summed E-state index contributed by atoms with van der Waals surface area (Å²) in [6, 6.07) is 4.96. The summed E-state index contributed by atoms with van der Waals surface area (Å²) in [4.78, 5) is 1.79. The van der Waals surface area contributed by atoms with Crippen molar-refractivity contribution in [3.8, 4) is 0 Å². The first kappa shape index (κ1) is 13.0. The molecular weight excluding hydrogens is 224 g/mol. The lowest BCUT2D eigenvalue weighted by molar-refractivity contribution is 0.949. The van der Waals surface area contributed by atoms with Gasteiger partial charge in [0.1, 0.15) is 0 Å². The Morgan fingerprint density at radius 1 is 0.882 bits per heavy atom. The van der Waals surface area contributed by atoms with Crippen molar-refractivity contribution >= 4 is 10.9 Å². The minimum Gasteiger partial charge on any atom is -0.226 e. The zero-order valence-corrected chi connectivity index (χ0v) is 12.4. The van der Waals surface area contributed by atoms with Gasteiger partial charge in [-0.05, 0) is 65.2 Å². The van der Waals surface area contributed by atoms with Crippen LogP contribution in [-0.2, 0) is 19.3 Å². The second-order valence-electron chi connectivity index (χ2n) is 5.02. The normalized spacial score (nSPS) is 17.7. The summed E-state index contributed by atoms with van der Waals surface area (Å²) in [5.41, 5.74) is 4.86. The lowest BCUT2D eigenvalue weighted by Crippen LogP contribution is -2.00. The van der Waals surface area contributed by atoms with Crippen LogP contribution in [0.2, 0.25) is 0 Å². The summed E-state index contributed by atoms with van der Waals surface area (Å²) < 4.78 is 0. The van der Waals surface area contributed by atoms with E-state index >= 15 is 0 Å². The first-order valence-electron chi connectivity index (χ1n) is 7.19. The topological polar surface area (TPSA) is 0 Å². The fourth-order valence-corrected chi connectivity index (χ4v) is 6.06. The molecule has 0 amide bonds. The number of thiol groups is 1. The summed E-state index contributed by atoms with van der Waals surface area (Å²) >= 11 is 0. The second kappa shape index (κ2) is 5.95. The lowest BCUT2D eigenvalue weighted by atomic mass is 10.0. The minimum atomic E-state index is 0.189. The zero-order valence-electron chi connectivity index (χ0n) is 11.6. The Morgan fingerprint density at radius 2 is 1.41 bits per heavy atom. The molecule has 1 aromatic carbocycles. The van der Waals surface area contributed by atoms with E-state index in [1.807, 2.05) is 0 Å². The molecule has 0 N–H and O–H groups in total. The van der Waals surface area contributed by atoms with Crippen LogP contribution in [0.1, 0.15) is 50.3 Å². The van der Waals surface area contributed by atoms with Gasteiger partial charge >= 0.3 is 0 Å². The Kier molecular flexibility index (Phi) is 4.55. The van der Waals surface area contributed by atoms with Gasteiger partial charge in [0, 0.05) is 0 Å². The van der Waals surface area contributed by atoms with Crippen LogP contribution in [0.3, 0.4) is 0 Å². The van der Waals surface area contributed by atoms with Gasteiger partial charge in [-0.15, -0.1) is 0 Å². The molecule has 0 unspecified atom stereocenters. The third-order valence-corrected chi connectivity index (χ3v) is 6.84. The summed E-state index contributed by atoms with van der Waals surface area (Å²) in [5, 5.41) is 0. The van der Waals surface area contributed by atoms with Gasteiger partial charge in [0.25, 0.3) is 0 Å². The molecule has 1 fully saturated rings. The fraction of sp³-hybridized carbons (Fsp3) is 0.625. The molecule has 0 nitrogen and oxygen atoms in total. The molecule has 2 rings (SSSR count). The quantitative estimate of drug-likeness (QED) is 0.746. The molecule has 1 aliphatic heterocycles. The Balaban J connectivity index is 2.45. The maximum absolute atomic E-state index is 2.48. The third kappa shape index (κ3) is 2.70. The van der Waals surface area contributed by atoms with E-state index in [4.69, 9.17) is 0 Å². The molecular formula is C16H26S. The molecule has 1 aliphatic rings. The van der Waals surface area contributed by atoms with Gasteiger partial charge in [0.05, 0.1) is 0 Å². The number of hydrogen-bond donors (Lipinski definition) is 1. The van der Waals surface area contributed by atoms with Gasteiger partial charge < -0.3 is 0 Å². The number of hydrogen-bond acceptors (Lipinski definition) is 0. The standard InChI is InChI=1S/C16H26S/c1-4-13-11-14(5-2)16(15(6-3)12-13)17-9-7-8-10-17/h11-12,17H,4-10H2,1-3H3. The van der Waals surface area contributed by atoms with Crippen LogP contribution in [0.25, 0.3) is 0 Å². The van der Waals surface area contributed by atoms with Gasteiger partial charge in [0.2, 0.25) is 0 Å². The third-order valence-electron chi connectivity index (χ3n) is 3.92. The molecule has 0 bridgehead atoms. The van der Waals surface area contributed by atoms with E-state index in [2.05, 4.69) is 32.9 Å². The van der Waals surface area contributed by atoms with Crippen LogP contribution < -0.4 is 0 Å². The molecule has 0 radical (unpaired) electrons. The van der Waals surface area contributed by atoms with Gasteiger partial charge in [-0.1, -0.05) is 32.9 Å². The zero-order chi connectivity index (χ0) is 12.3. The van der Waals surface area contributed by atoms with Crippen LogP contribution in [0.5, 0.6) is 0 Å². The smallest absolute Gasteiger partial charge is 0.00607 e. The van der Waals surface area contributed by atoms with E-state index < -0.39 is 0 Å². The Labute approximate surface area is 109 Å². The Bertz CT molecular complexity index is 350. The highest BCUT2D eigenvalue weighted by Gasteiger charge is 2.19. The summed E-state index contributed by atoms with van der Waals surface area (Å²) in [6.45, 7) is 6.92. The molecule has 96 valence electrons. The fourth-order valence-electron chi connectivity index (χ4n) is 2.92. The average molecular weight is 250 g/mol. The predicted molar refractivity (Wildman–Crippen MR) is 80.8 cm³/mol. The molecule has 1 heterocycles. The number of rotatable bonds is 4. The van der Waals surface area contributed by atoms with E-state index in [0.717, 1.165) is 0 Å². The van der Waals surface area contributed by atoms with Gasteiger partial charge in [-0.25, -0.2) is 10.9 Å². The van der Waals surface area contributed by atoms with Crippen LogP contribution in [-0.4, -0.2) is 11.5 Å². The maximum atomic E-state index is 2.48. The molecule has 1 aromatic rings. The SMILES string of the molecule is CCc1cc(CC)c([SH]2CCCC2)c(CC)c1. The first-order valence-corrected chi connectivity index (χ1v) is 8.90. The molecule has 0 atom stereocenters. The monoisotopic (exact) mass is 250 g/mol. The van der Waals surface area contributed by atoms with Crippen molar-refractivity contribution in [3.63, 3.8) is 0 Å². The highest BCUT2D eigenvalue weighted by molar-refractivity contribution is 8.17. The number of benzene rings is 1. The molecule has 0 saturated carbocycles. The first-order chi connectivity index (χ1) is 8.30. The Morgan fingerprint density at radius 3 is 1.82 bits per heavy atom. The van der Waals surface area contributed by atoms with E-state index in [9.17, 15) is 0 Å². The van der Waals surface area contributed by atoms with Crippen LogP contribution in [0.4, 0.5) is 0 Å². The highest BCUT2D eigenvalue weighted by Crippen LogP contribution is 2.46. The molecule has 0 spiro atoms.